The van der Waals surface area contributed by atoms with E-state index in [9.17, 15) is 0 Å². The molecule has 3 heteroatoms. The van der Waals surface area contributed by atoms with Crippen molar-refractivity contribution >= 4 is 11.3 Å². The molecule has 0 aliphatic rings. The number of rotatable bonds is 2. The van der Waals surface area contributed by atoms with E-state index in [1.807, 2.05) is 10.8 Å². The number of hydrogen-bond acceptors (Lipinski definition) is 3. The maximum absolute atomic E-state index is 5.40. The Balaban J connectivity index is 2.85. The third kappa shape index (κ3) is 1.23. The van der Waals surface area contributed by atoms with Crippen molar-refractivity contribution in [2.24, 2.45) is 5.73 Å². The van der Waals surface area contributed by atoms with Crippen molar-refractivity contribution in [3.8, 4) is 5.75 Å². The van der Waals surface area contributed by atoms with Gasteiger partial charge in [0.25, 0.3) is 0 Å². The van der Waals surface area contributed by atoms with Gasteiger partial charge in [-0.3, -0.25) is 0 Å². The molecule has 0 spiro atoms. The van der Waals surface area contributed by atoms with E-state index in [1.54, 1.807) is 18.4 Å². The van der Waals surface area contributed by atoms with Crippen molar-refractivity contribution in [2.75, 3.05) is 7.11 Å². The first-order chi connectivity index (χ1) is 4.38. The number of nitrogens with two attached hydrogens (primary N) is 1. The molecular weight excluding hydrogens is 134 g/mol. The van der Waals surface area contributed by atoms with E-state index in [-0.39, 0.29) is 0 Å². The van der Waals surface area contributed by atoms with Crippen LogP contribution in [0.3, 0.4) is 0 Å². The van der Waals surface area contributed by atoms with Gasteiger partial charge < -0.3 is 10.5 Å². The summed E-state index contributed by atoms with van der Waals surface area (Å²) in [5, 5.41) is 3.95. The van der Waals surface area contributed by atoms with Crippen molar-refractivity contribution in [1.82, 2.24) is 0 Å². The van der Waals surface area contributed by atoms with E-state index in [1.165, 1.54) is 0 Å². The SMILES string of the molecule is COc1cscc1CN. The fraction of sp³-hybridized carbons (Fsp3) is 0.333. The van der Waals surface area contributed by atoms with Gasteiger partial charge in [-0.2, -0.15) is 0 Å². The van der Waals surface area contributed by atoms with Crippen LogP contribution in [0.15, 0.2) is 10.8 Å². The summed E-state index contributed by atoms with van der Waals surface area (Å²) in [6.07, 6.45) is 0. The zero-order valence-electron chi connectivity index (χ0n) is 5.26. The second-order valence-electron chi connectivity index (χ2n) is 1.67. The lowest BCUT2D eigenvalue weighted by atomic mass is 10.3. The lowest BCUT2D eigenvalue weighted by Crippen LogP contribution is -1.96. The summed E-state index contributed by atoms with van der Waals surface area (Å²) in [5.41, 5.74) is 6.48. The maximum atomic E-state index is 5.40. The molecule has 2 N–H and O–H groups in total. The summed E-state index contributed by atoms with van der Waals surface area (Å²) in [4.78, 5) is 0. The normalized spacial score (nSPS) is 9.56. The number of methoxy groups -OCH3 is 1. The third-order valence-electron chi connectivity index (χ3n) is 1.14. The molecule has 50 valence electrons. The monoisotopic (exact) mass is 143 g/mol. The summed E-state index contributed by atoms with van der Waals surface area (Å²) in [5.74, 6) is 0.905. The summed E-state index contributed by atoms with van der Waals surface area (Å²) >= 11 is 1.61. The topological polar surface area (TPSA) is 35.2 Å². The zero-order chi connectivity index (χ0) is 6.69. The van der Waals surface area contributed by atoms with Gasteiger partial charge >= 0.3 is 0 Å². The minimum absolute atomic E-state index is 0.562. The molecule has 1 heterocycles. The quantitative estimate of drug-likeness (QED) is 0.675. The largest absolute Gasteiger partial charge is 0.496 e. The Hall–Kier alpha value is -0.540. The smallest absolute Gasteiger partial charge is 0.134 e. The van der Waals surface area contributed by atoms with E-state index < -0.39 is 0 Å². The second kappa shape index (κ2) is 2.85. The lowest BCUT2D eigenvalue weighted by Gasteiger charge is -1.96. The number of thiophene rings is 1. The molecule has 0 saturated heterocycles. The summed E-state index contributed by atoms with van der Waals surface area (Å²) in [6.45, 7) is 0.562. The minimum atomic E-state index is 0.562. The van der Waals surface area contributed by atoms with Gasteiger partial charge in [0, 0.05) is 17.5 Å². The first kappa shape index (κ1) is 6.58. The fourth-order valence-electron chi connectivity index (χ4n) is 0.640. The van der Waals surface area contributed by atoms with Crippen LogP contribution in [0.4, 0.5) is 0 Å². The van der Waals surface area contributed by atoms with Crippen molar-refractivity contribution < 1.29 is 4.74 Å². The van der Waals surface area contributed by atoms with Crippen LogP contribution >= 0.6 is 11.3 Å². The van der Waals surface area contributed by atoms with Gasteiger partial charge in [-0.05, 0) is 5.38 Å². The molecule has 1 aromatic rings. The Kier molecular flexibility index (Phi) is 2.08. The molecule has 0 aromatic carbocycles. The van der Waals surface area contributed by atoms with E-state index in [0.29, 0.717) is 6.54 Å². The molecule has 0 unspecified atom stereocenters. The van der Waals surface area contributed by atoms with Gasteiger partial charge in [-0.25, -0.2) is 0 Å². The van der Waals surface area contributed by atoms with Gasteiger partial charge in [0.2, 0.25) is 0 Å². The number of hydrogen-bond donors (Lipinski definition) is 1. The van der Waals surface area contributed by atoms with Crippen LogP contribution in [-0.2, 0) is 6.54 Å². The van der Waals surface area contributed by atoms with Crippen LogP contribution in [0.2, 0.25) is 0 Å². The first-order valence-corrected chi connectivity index (χ1v) is 3.62. The minimum Gasteiger partial charge on any atom is -0.496 e. The van der Waals surface area contributed by atoms with Crippen LogP contribution in [-0.4, -0.2) is 7.11 Å². The molecule has 2 nitrogen and oxygen atoms in total. The molecule has 0 fully saturated rings. The first-order valence-electron chi connectivity index (χ1n) is 2.67. The third-order valence-corrected chi connectivity index (χ3v) is 1.91. The van der Waals surface area contributed by atoms with Gasteiger partial charge in [0.15, 0.2) is 0 Å². The van der Waals surface area contributed by atoms with Gasteiger partial charge in [0.1, 0.15) is 5.75 Å². The van der Waals surface area contributed by atoms with E-state index >= 15 is 0 Å². The predicted molar refractivity (Wildman–Crippen MR) is 38.8 cm³/mol. The molecule has 0 amide bonds. The van der Waals surface area contributed by atoms with E-state index in [4.69, 9.17) is 10.5 Å². The summed E-state index contributed by atoms with van der Waals surface area (Å²) in [6, 6.07) is 0. The van der Waals surface area contributed by atoms with Gasteiger partial charge in [-0.1, -0.05) is 0 Å². The van der Waals surface area contributed by atoms with Crippen LogP contribution in [0, 0.1) is 0 Å². The molecular formula is C6H9NOS. The van der Waals surface area contributed by atoms with Crippen molar-refractivity contribution in [1.29, 1.82) is 0 Å². The van der Waals surface area contributed by atoms with Crippen LogP contribution in [0.25, 0.3) is 0 Å². The molecule has 0 aliphatic heterocycles. The highest BCUT2D eigenvalue weighted by molar-refractivity contribution is 7.08. The Bertz CT molecular complexity index is 166. The number of ether oxygens (including phenoxy) is 1. The molecule has 1 rings (SSSR count). The molecule has 9 heavy (non-hydrogen) atoms. The molecule has 0 saturated carbocycles. The molecule has 0 atom stereocenters. The van der Waals surface area contributed by atoms with E-state index in [2.05, 4.69) is 0 Å². The highest BCUT2D eigenvalue weighted by Gasteiger charge is 1.98. The summed E-state index contributed by atoms with van der Waals surface area (Å²) < 4.78 is 5.01. The van der Waals surface area contributed by atoms with Crippen molar-refractivity contribution in [3.05, 3.63) is 16.3 Å². The van der Waals surface area contributed by atoms with Crippen LogP contribution in [0.1, 0.15) is 5.56 Å². The zero-order valence-corrected chi connectivity index (χ0v) is 6.07. The summed E-state index contributed by atoms with van der Waals surface area (Å²) in [7, 11) is 1.65. The van der Waals surface area contributed by atoms with E-state index in [0.717, 1.165) is 11.3 Å². The Morgan fingerprint density at radius 1 is 1.67 bits per heavy atom. The maximum Gasteiger partial charge on any atom is 0.134 e. The molecule has 0 radical (unpaired) electrons. The Morgan fingerprint density at radius 3 is 2.89 bits per heavy atom. The fourth-order valence-corrected chi connectivity index (χ4v) is 1.46. The van der Waals surface area contributed by atoms with Crippen molar-refractivity contribution in [3.63, 3.8) is 0 Å². The lowest BCUT2D eigenvalue weighted by molar-refractivity contribution is 0.412. The highest BCUT2D eigenvalue weighted by Crippen LogP contribution is 2.21. The standard InChI is InChI=1S/C6H9NOS/c1-8-6-4-9-3-5(6)2-7/h3-4H,2,7H2,1H3. The molecule has 0 bridgehead atoms. The van der Waals surface area contributed by atoms with Crippen molar-refractivity contribution in [2.45, 2.75) is 6.54 Å². The van der Waals surface area contributed by atoms with Gasteiger partial charge in [0.05, 0.1) is 7.11 Å². The predicted octanol–water partition coefficient (Wildman–Crippen LogP) is 1.22. The molecule has 0 aliphatic carbocycles. The van der Waals surface area contributed by atoms with Crippen LogP contribution < -0.4 is 10.5 Å². The molecule has 1 aromatic heterocycles. The Morgan fingerprint density at radius 2 is 2.44 bits per heavy atom. The second-order valence-corrected chi connectivity index (χ2v) is 2.41. The average molecular weight is 143 g/mol. The average Bonchev–Trinajstić information content (AvgIpc) is 2.33. The van der Waals surface area contributed by atoms with Crippen LogP contribution in [0.5, 0.6) is 5.75 Å². The highest BCUT2D eigenvalue weighted by atomic mass is 32.1. The van der Waals surface area contributed by atoms with Gasteiger partial charge in [-0.15, -0.1) is 11.3 Å². The Labute approximate surface area is 58.3 Å².